The van der Waals surface area contributed by atoms with Crippen molar-refractivity contribution in [1.82, 2.24) is 19.3 Å². The van der Waals surface area contributed by atoms with Crippen LogP contribution >= 0.6 is 0 Å². The Morgan fingerprint density at radius 3 is 2.44 bits per heavy atom. The molecule has 34 heavy (non-hydrogen) atoms. The Balaban J connectivity index is 1.59. The third-order valence-corrected chi connectivity index (χ3v) is 8.21. The monoisotopic (exact) mass is 489 g/mol. The summed E-state index contributed by atoms with van der Waals surface area (Å²) in [6.07, 6.45) is 1.47. The van der Waals surface area contributed by atoms with E-state index in [0.29, 0.717) is 22.5 Å². The molecular formula is C23H22F3N5O2S. The molecule has 0 atom stereocenters. The maximum atomic E-state index is 13.3. The van der Waals surface area contributed by atoms with Crippen molar-refractivity contribution in [3.8, 4) is 17.5 Å². The maximum Gasteiger partial charge on any atom is 0.407 e. The van der Waals surface area contributed by atoms with Crippen molar-refractivity contribution < 1.29 is 21.6 Å². The molecule has 3 aromatic rings. The van der Waals surface area contributed by atoms with E-state index in [1.165, 1.54) is 12.1 Å². The number of nitriles is 1. The van der Waals surface area contributed by atoms with Crippen LogP contribution < -0.4 is 4.72 Å². The fourth-order valence-electron chi connectivity index (χ4n) is 4.75. The molecule has 0 radical (unpaired) electrons. The van der Waals surface area contributed by atoms with Crippen molar-refractivity contribution in [3.05, 3.63) is 41.7 Å². The summed E-state index contributed by atoms with van der Waals surface area (Å²) in [6, 6.07) is 7.01. The van der Waals surface area contributed by atoms with Crippen LogP contribution in [0.2, 0.25) is 0 Å². The van der Waals surface area contributed by atoms with Gasteiger partial charge in [0.2, 0.25) is 10.0 Å². The van der Waals surface area contributed by atoms with Crippen molar-refractivity contribution in [2.24, 2.45) is 0 Å². The average molecular weight is 490 g/mol. The van der Waals surface area contributed by atoms with Gasteiger partial charge in [-0.05, 0) is 56.4 Å². The molecule has 178 valence electrons. The van der Waals surface area contributed by atoms with E-state index in [9.17, 15) is 26.9 Å². The highest BCUT2D eigenvalue weighted by molar-refractivity contribution is 7.89. The van der Waals surface area contributed by atoms with Crippen LogP contribution in [0.1, 0.15) is 55.7 Å². The van der Waals surface area contributed by atoms with Crippen molar-refractivity contribution in [3.63, 3.8) is 0 Å². The number of aromatic nitrogens is 3. The fourth-order valence-corrected chi connectivity index (χ4v) is 6.14. The summed E-state index contributed by atoms with van der Waals surface area (Å²) in [4.78, 5) is 8.40. The summed E-state index contributed by atoms with van der Waals surface area (Å²) >= 11 is 0. The first-order chi connectivity index (χ1) is 16.1. The van der Waals surface area contributed by atoms with Gasteiger partial charge in [0.1, 0.15) is 27.6 Å². The molecule has 2 aliphatic carbocycles. The number of hydrogen-bond acceptors (Lipinski definition) is 5. The van der Waals surface area contributed by atoms with Crippen molar-refractivity contribution in [1.29, 1.82) is 5.26 Å². The van der Waals surface area contributed by atoms with Gasteiger partial charge < -0.3 is 4.57 Å². The van der Waals surface area contributed by atoms with E-state index < -0.39 is 21.7 Å². The largest absolute Gasteiger partial charge is 0.407 e. The van der Waals surface area contributed by atoms with Crippen LogP contribution in [-0.2, 0) is 10.0 Å². The normalized spacial score (nSPS) is 18.3. The summed E-state index contributed by atoms with van der Waals surface area (Å²) in [5.41, 5.74) is 1.17. The second-order valence-electron chi connectivity index (χ2n) is 9.09. The third kappa shape index (κ3) is 3.65. The molecular weight excluding hydrogens is 467 g/mol. The Morgan fingerprint density at radius 1 is 1.18 bits per heavy atom. The number of halogens is 3. The maximum absolute atomic E-state index is 13.3. The Bertz CT molecular complexity index is 1410. The third-order valence-electron chi connectivity index (χ3n) is 6.69. The SMILES string of the molecule is Cc1cnc2c(C#N)c(-c3ccc(S(=O)(=O)NC4(C(F)(F)F)CC4)cn3)n(C3CCCC3)c2c1. The minimum absolute atomic E-state index is 0.150. The van der Waals surface area contributed by atoms with Gasteiger partial charge in [-0.15, -0.1) is 0 Å². The van der Waals surface area contributed by atoms with Crippen LogP contribution in [0.15, 0.2) is 35.5 Å². The number of nitrogens with one attached hydrogen (secondary N) is 1. The Kier molecular flexibility index (Phi) is 5.22. The lowest BCUT2D eigenvalue weighted by molar-refractivity contribution is -0.160. The van der Waals surface area contributed by atoms with Crippen molar-refractivity contribution in [2.45, 2.75) is 68.1 Å². The first kappa shape index (κ1) is 22.8. The van der Waals surface area contributed by atoms with Crippen molar-refractivity contribution >= 4 is 21.1 Å². The number of fused-ring (bicyclic) bond motifs is 1. The molecule has 7 nitrogen and oxygen atoms in total. The van der Waals surface area contributed by atoms with Crippen LogP contribution in [-0.4, -0.2) is 34.7 Å². The summed E-state index contributed by atoms with van der Waals surface area (Å²) in [5.74, 6) is 0. The number of rotatable bonds is 5. The lowest BCUT2D eigenvalue weighted by atomic mass is 10.1. The first-order valence-corrected chi connectivity index (χ1v) is 12.5. The Labute approximate surface area is 194 Å². The van der Waals surface area contributed by atoms with E-state index in [2.05, 4.69) is 20.6 Å². The topological polar surface area (TPSA) is 101 Å². The predicted molar refractivity (Wildman–Crippen MR) is 118 cm³/mol. The van der Waals surface area contributed by atoms with Gasteiger partial charge in [0.15, 0.2) is 0 Å². The van der Waals surface area contributed by atoms with Crippen LogP contribution in [0.5, 0.6) is 0 Å². The van der Waals surface area contributed by atoms with Gasteiger partial charge in [0, 0.05) is 18.4 Å². The van der Waals surface area contributed by atoms with Gasteiger partial charge >= 0.3 is 6.18 Å². The zero-order valence-corrected chi connectivity index (χ0v) is 19.2. The average Bonchev–Trinajstić information content (AvgIpc) is 3.25. The standard InChI is InChI=1S/C23H22F3N5O2S/c1-14-10-19-20(29-12-14)17(11-27)21(31(19)15-4-2-3-5-15)18-7-6-16(13-28-18)34(32,33)30-22(8-9-22)23(24,25)26/h6-7,10,12-13,15,30H,2-5,8-9H2,1H3. The molecule has 0 spiro atoms. The van der Waals surface area contributed by atoms with Crippen molar-refractivity contribution in [2.75, 3.05) is 0 Å². The summed E-state index contributed by atoms with van der Waals surface area (Å²) in [7, 11) is -4.43. The van der Waals surface area contributed by atoms with E-state index >= 15 is 0 Å². The molecule has 0 aliphatic heterocycles. The van der Waals surface area contributed by atoms with E-state index in [1.54, 1.807) is 10.9 Å². The second-order valence-corrected chi connectivity index (χ2v) is 10.8. The molecule has 0 saturated heterocycles. The number of pyridine rings is 2. The molecule has 2 saturated carbocycles. The molecule has 1 N–H and O–H groups in total. The fraction of sp³-hybridized carbons (Fsp3) is 0.435. The molecule has 0 aromatic carbocycles. The van der Waals surface area contributed by atoms with E-state index in [0.717, 1.165) is 43.0 Å². The number of aryl methyl sites for hydroxylation is 1. The highest BCUT2D eigenvalue weighted by Gasteiger charge is 2.65. The summed E-state index contributed by atoms with van der Waals surface area (Å²) in [6.45, 7) is 1.92. The number of alkyl halides is 3. The highest BCUT2D eigenvalue weighted by atomic mass is 32.2. The quantitative estimate of drug-likeness (QED) is 0.557. The lowest BCUT2D eigenvalue weighted by Gasteiger charge is -2.20. The van der Waals surface area contributed by atoms with Crippen LogP contribution in [0.25, 0.3) is 22.4 Å². The molecule has 11 heteroatoms. The Morgan fingerprint density at radius 2 is 1.88 bits per heavy atom. The van der Waals surface area contributed by atoms with Crippen LogP contribution in [0.4, 0.5) is 13.2 Å². The summed E-state index contributed by atoms with van der Waals surface area (Å²) in [5, 5.41) is 9.95. The number of sulfonamides is 1. The number of hydrogen-bond donors (Lipinski definition) is 1. The molecule has 0 unspecified atom stereocenters. The molecule has 0 bridgehead atoms. The highest BCUT2D eigenvalue weighted by Crippen LogP contribution is 2.49. The van der Waals surface area contributed by atoms with E-state index in [-0.39, 0.29) is 23.8 Å². The van der Waals surface area contributed by atoms with E-state index in [4.69, 9.17) is 0 Å². The summed E-state index contributed by atoms with van der Waals surface area (Å²) < 4.78 is 68.9. The van der Waals surface area contributed by atoms with Gasteiger partial charge in [-0.2, -0.15) is 23.2 Å². The van der Waals surface area contributed by atoms with Crippen LogP contribution in [0.3, 0.4) is 0 Å². The zero-order valence-electron chi connectivity index (χ0n) is 18.4. The van der Waals surface area contributed by atoms with Gasteiger partial charge in [-0.3, -0.25) is 9.97 Å². The predicted octanol–water partition coefficient (Wildman–Crippen LogP) is 4.77. The van der Waals surface area contributed by atoms with Gasteiger partial charge in [0.25, 0.3) is 0 Å². The Hall–Kier alpha value is -2.97. The molecule has 5 rings (SSSR count). The second kappa shape index (κ2) is 7.78. The molecule has 3 heterocycles. The first-order valence-electron chi connectivity index (χ1n) is 11.0. The van der Waals surface area contributed by atoms with Crippen LogP contribution in [0, 0.1) is 18.3 Å². The minimum Gasteiger partial charge on any atom is -0.334 e. The zero-order chi connectivity index (χ0) is 24.3. The molecule has 2 aliphatic rings. The van der Waals surface area contributed by atoms with Gasteiger partial charge in [0.05, 0.1) is 16.9 Å². The van der Waals surface area contributed by atoms with E-state index in [1.807, 2.05) is 13.0 Å². The lowest BCUT2D eigenvalue weighted by Crippen LogP contribution is -2.47. The molecule has 3 aromatic heterocycles. The van der Waals surface area contributed by atoms with Gasteiger partial charge in [-0.1, -0.05) is 12.8 Å². The molecule has 2 fully saturated rings. The number of nitrogens with zero attached hydrogens (tertiary/aromatic N) is 4. The minimum atomic E-state index is -4.66. The molecule has 0 amide bonds. The smallest absolute Gasteiger partial charge is 0.334 e. The van der Waals surface area contributed by atoms with Gasteiger partial charge in [-0.25, -0.2) is 8.42 Å².